The van der Waals surface area contributed by atoms with Crippen LogP contribution in [0.4, 0.5) is 11.5 Å². The van der Waals surface area contributed by atoms with Crippen LogP contribution in [-0.4, -0.2) is 41.4 Å². The lowest BCUT2D eigenvalue weighted by atomic mass is 9.87. The quantitative estimate of drug-likeness (QED) is 0.350. The van der Waals surface area contributed by atoms with E-state index in [1.165, 1.54) is 6.33 Å². The van der Waals surface area contributed by atoms with Crippen molar-refractivity contribution in [2.24, 2.45) is 0 Å². The van der Waals surface area contributed by atoms with Crippen LogP contribution in [0.2, 0.25) is 0 Å². The number of hydrogen-bond acceptors (Lipinski definition) is 7. The van der Waals surface area contributed by atoms with Crippen LogP contribution < -0.4 is 11.5 Å². The van der Waals surface area contributed by atoms with Crippen molar-refractivity contribution in [3.63, 3.8) is 0 Å². The largest absolute Gasteiger partial charge is 0.397 e. The number of hydrogen-bond donors (Lipinski definition) is 4. The van der Waals surface area contributed by atoms with Crippen LogP contribution in [0.1, 0.15) is 30.9 Å². The maximum Gasteiger partial charge on any atom is 0.162 e. The summed E-state index contributed by atoms with van der Waals surface area (Å²) in [4.78, 5) is 13.0. The average molecular weight is 483 g/mol. The minimum atomic E-state index is -1.30. The molecule has 0 bridgehead atoms. The van der Waals surface area contributed by atoms with Crippen molar-refractivity contribution in [3.05, 3.63) is 52.9 Å². The van der Waals surface area contributed by atoms with Gasteiger partial charge >= 0.3 is 0 Å². The van der Waals surface area contributed by atoms with Crippen LogP contribution in [0, 0.1) is 0 Å². The predicted molar refractivity (Wildman–Crippen MR) is 122 cm³/mol. The van der Waals surface area contributed by atoms with Gasteiger partial charge in [0.05, 0.1) is 27.8 Å². The molecule has 8 nitrogen and oxygen atoms in total. The SMILES string of the molecule is Nc1ccn(C2CCC(O)C2(O)CCc2ccc3cc(Br)c(N)nc3c2)c2ncnc1-2. The highest BCUT2D eigenvalue weighted by atomic mass is 79.9. The molecule has 0 saturated heterocycles. The molecule has 160 valence electrons. The molecular weight excluding hydrogens is 460 g/mol. The van der Waals surface area contributed by atoms with Crippen LogP contribution in [0.5, 0.6) is 0 Å². The summed E-state index contributed by atoms with van der Waals surface area (Å²) in [5.74, 6) is 1.06. The van der Waals surface area contributed by atoms with Gasteiger partial charge in [0.2, 0.25) is 0 Å². The molecule has 1 aliphatic carbocycles. The minimum Gasteiger partial charge on any atom is -0.397 e. The Labute approximate surface area is 187 Å². The Balaban J connectivity index is 1.44. The molecule has 9 heteroatoms. The second-order valence-corrected chi connectivity index (χ2v) is 9.06. The van der Waals surface area contributed by atoms with Crippen molar-refractivity contribution in [1.29, 1.82) is 0 Å². The van der Waals surface area contributed by atoms with E-state index in [1.807, 2.05) is 35.0 Å². The number of aliphatic hydroxyl groups excluding tert-OH is 1. The molecule has 31 heavy (non-hydrogen) atoms. The summed E-state index contributed by atoms with van der Waals surface area (Å²) >= 11 is 3.40. The number of pyridine rings is 2. The van der Waals surface area contributed by atoms with Crippen LogP contribution >= 0.6 is 15.9 Å². The first-order chi connectivity index (χ1) is 14.9. The molecule has 3 aliphatic rings. The number of nitrogen functional groups attached to an aromatic ring is 2. The third kappa shape index (κ3) is 3.33. The first-order valence-corrected chi connectivity index (χ1v) is 11.0. The van der Waals surface area contributed by atoms with E-state index in [9.17, 15) is 10.2 Å². The zero-order valence-corrected chi connectivity index (χ0v) is 18.3. The Hall–Kier alpha value is -2.75. The first kappa shape index (κ1) is 20.2. The molecule has 2 aliphatic heterocycles. The van der Waals surface area contributed by atoms with Crippen molar-refractivity contribution >= 4 is 38.3 Å². The second-order valence-electron chi connectivity index (χ2n) is 8.21. The number of anilines is 2. The number of halogens is 1. The van der Waals surface area contributed by atoms with Crippen LogP contribution in [0.25, 0.3) is 22.4 Å². The molecular formula is C22H23BrN6O2. The number of benzene rings is 1. The Bertz CT molecular complexity index is 1240. The van der Waals surface area contributed by atoms with Crippen LogP contribution in [0.3, 0.4) is 0 Å². The molecule has 2 aromatic rings. The Morgan fingerprint density at radius 2 is 2.00 bits per heavy atom. The van der Waals surface area contributed by atoms with E-state index in [4.69, 9.17) is 11.5 Å². The summed E-state index contributed by atoms with van der Waals surface area (Å²) in [6.07, 6.45) is 4.59. The van der Waals surface area contributed by atoms with Crippen LogP contribution in [0.15, 0.2) is 47.3 Å². The smallest absolute Gasteiger partial charge is 0.162 e. The molecule has 3 unspecified atom stereocenters. The number of nitrogens with two attached hydrogens (primary N) is 2. The second kappa shape index (κ2) is 7.44. The summed E-state index contributed by atoms with van der Waals surface area (Å²) in [5, 5.41) is 23.3. The van der Waals surface area contributed by atoms with Gasteiger partial charge in [-0.1, -0.05) is 12.1 Å². The average Bonchev–Trinajstić information content (AvgIpc) is 3.35. The standard InChI is InChI=1S/C22H23BrN6O2/c23-14-10-13-2-1-12(9-16(13)28-20(14)25)5-7-22(31)17(3-4-18(22)30)29-8-6-15(24)19-21(29)27-11-26-19/h1-2,6,8-11,17-18,30-31H,3-5,7,24H2,(H2,25,28). The van der Waals surface area contributed by atoms with Gasteiger partial charge in [-0.05, 0) is 65.4 Å². The number of aromatic nitrogens is 4. The molecule has 3 heterocycles. The van der Waals surface area contributed by atoms with Crippen LogP contribution in [-0.2, 0) is 6.42 Å². The highest BCUT2D eigenvalue weighted by Crippen LogP contribution is 2.44. The Morgan fingerprint density at radius 1 is 1.16 bits per heavy atom. The lowest BCUT2D eigenvalue weighted by Gasteiger charge is -2.35. The van der Waals surface area contributed by atoms with E-state index < -0.39 is 11.7 Å². The van der Waals surface area contributed by atoms with Crippen molar-refractivity contribution in [2.75, 3.05) is 11.5 Å². The number of fused-ring (bicyclic) bond motifs is 2. The molecule has 0 spiro atoms. The summed E-state index contributed by atoms with van der Waals surface area (Å²) < 4.78 is 2.66. The highest BCUT2D eigenvalue weighted by Gasteiger charge is 2.49. The summed E-state index contributed by atoms with van der Waals surface area (Å²) in [5.41, 5.74) is 13.6. The molecule has 5 rings (SSSR count). The highest BCUT2D eigenvalue weighted by molar-refractivity contribution is 9.10. The van der Waals surface area contributed by atoms with E-state index in [2.05, 4.69) is 30.9 Å². The molecule has 6 N–H and O–H groups in total. The molecule has 1 fully saturated rings. The van der Waals surface area contributed by atoms with Gasteiger partial charge < -0.3 is 26.2 Å². The summed E-state index contributed by atoms with van der Waals surface area (Å²) in [6, 6.07) is 9.37. The van der Waals surface area contributed by atoms with Gasteiger partial charge in [0.1, 0.15) is 23.4 Å². The number of nitrogens with zero attached hydrogens (tertiary/aromatic N) is 4. The molecule has 3 atom stereocenters. The zero-order chi connectivity index (χ0) is 21.8. The molecule has 0 radical (unpaired) electrons. The first-order valence-electron chi connectivity index (χ1n) is 10.2. The third-order valence-electron chi connectivity index (χ3n) is 6.39. The number of aliphatic hydroxyl groups is 2. The van der Waals surface area contributed by atoms with Crippen molar-refractivity contribution in [3.8, 4) is 11.5 Å². The van der Waals surface area contributed by atoms with Gasteiger partial charge in [0, 0.05) is 11.6 Å². The van der Waals surface area contributed by atoms with E-state index >= 15 is 0 Å². The van der Waals surface area contributed by atoms with Gasteiger partial charge in [-0.2, -0.15) is 0 Å². The van der Waals surface area contributed by atoms with E-state index in [0.717, 1.165) is 20.9 Å². The van der Waals surface area contributed by atoms with E-state index in [0.29, 0.717) is 48.7 Å². The Kier molecular flexibility index (Phi) is 4.84. The topological polar surface area (TPSA) is 136 Å². The van der Waals surface area contributed by atoms with Crippen molar-refractivity contribution in [1.82, 2.24) is 19.5 Å². The monoisotopic (exact) mass is 482 g/mol. The summed E-state index contributed by atoms with van der Waals surface area (Å²) in [6.45, 7) is 0. The lowest BCUT2D eigenvalue weighted by molar-refractivity contribution is -0.0817. The Morgan fingerprint density at radius 3 is 2.84 bits per heavy atom. The van der Waals surface area contributed by atoms with E-state index in [1.54, 1.807) is 6.07 Å². The normalized spacial score (nSPS) is 23.7. The van der Waals surface area contributed by atoms with Gasteiger partial charge in [-0.15, -0.1) is 0 Å². The third-order valence-corrected chi connectivity index (χ3v) is 7.03. The molecule has 0 amide bonds. The van der Waals surface area contributed by atoms with Crippen molar-refractivity contribution < 1.29 is 10.2 Å². The minimum absolute atomic E-state index is 0.326. The lowest BCUT2D eigenvalue weighted by Crippen LogP contribution is -2.44. The summed E-state index contributed by atoms with van der Waals surface area (Å²) in [7, 11) is 0. The van der Waals surface area contributed by atoms with E-state index in [-0.39, 0.29) is 6.04 Å². The fourth-order valence-electron chi connectivity index (χ4n) is 4.67. The fraction of sp³-hybridized carbons (Fsp3) is 0.318. The fourth-order valence-corrected chi connectivity index (χ4v) is 5.00. The van der Waals surface area contributed by atoms with Gasteiger partial charge in [0.15, 0.2) is 5.82 Å². The maximum absolute atomic E-state index is 11.6. The van der Waals surface area contributed by atoms with Crippen molar-refractivity contribution in [2.45, 2.75) is 43.4 Å². The number of imidazole rings is 1. The predicted octanol–water partition coefficient (Wildman–Crippen LogP) is 2.92. The van der Waals surface area contributed by atoms with Gasteiger partial charge in [-0.3, -0.25) is 0 Å². The molecule has 1 aromatic heterocycles. The molecule has 1 saturated carbocycles. The van der Waals surface area contributed by atoms with Gasteiger partial charge in [0.25, 0.3) is 0 Å². The van der Waals surface area contributed by atoms with Gasteiger partial charge in [-0.25, -0.2) is 15.0 Å². The number of rotatable bonds is 4. The molecule has 1 aromatic carbocycles. The number of aryl methyl sites for hydroxylation is 1. The zero-order valence-electron chi connectivity index (χ0n) is 16.7. The maximum atomic E-state index is 11.6.